The fraction of sp³-hybridized carbons (Fsp3) is 0.318. The van der Waals surface area contributed by atoms with Gasteiger partial charge < -0.3 is 20.1 Å². The molecule has 2 N–H and O–H groups in total. The lowest BCUT2D eigenvalue weighted by Crippen LogP contribution is -2.38. The highest BCUT2D eigenvalue weighted by atomic mass is 32.2. The Morgan fingerprint density at radius 3 is 2.79 bits per heavy atom. The SMILES string of the molecule is COCCNC(=O)[C@@H](C)Oc1cc(F)ccc1Nc1ncnc2cc(/N=[SH](/C)=O)cc(C)c12. The molecule has 2 aromatic carbocycles. The molecule has 0 aliphatic rings. The molecule has 9 nitrogen and oxygen atoms in total. The molecule has 0 aliphatic heterocycles. The van der Waals surface area contributed by atoms with Gasteiger partial charge in [-0.3, -0.25) is 9.00 Å². The number of ether oxygens (including phenoxy) is 2. The van der Waals surface area contributed by atoms with Crippen LogP contribution in [-0.2, 0) is 20.1 Å². The number of carbonyl (C=O) groups is 1. The van der Waals surface area contributed by atoms with Crippen molar-refractivity contribution in [3.63, 3.8) is 0 Å². The predicted octanol–water partition coefficient (Wildman–Crippen LogP) is 3.28. The number of methoxy groups -OCH3 is 1. The molecule has 0 bridgehead atoms. The predicted molar refractivity (Wildman–Crippen MR) is 126 cm³/mol. The number of nitrogens with zero attached hydrogens (tertiary/aromatic N) is 3. The van der Waals surface area contributed by atoms with Crippen LogP contribution >= 0.6 is 0 Å². The molecule has 0 radical (unpaired) electrons. The molecule has 3 rings (SSSR count). The first kappa shape index (κ1) is 24.3. The van der Waals surface area contributed by atoms with E-state index in [2.05, 4.69) is 25.0 Å². The van der Waals surface area contributed by atoms with E-state index in [0.29, 0.717) is 35.9 Å². The van der Waals surface area contributed by atoms with Crippen molar-refractivity contribution in [3.05, 3.63) is 48.0 Å². The molecule has 0 spiro atoms. The van der Waals surface area contributed by atoms with E-state index in [1.54, 1.807) is 19.1 Å². The number of rotatable bonds is 9. The fourth-order valence-electron chi connectivity index (χ4n) is 3.18. The van der Waals surface area contributed by atoms with Gasteiger partial charge in [-0.15, -0.1) is 0 Å². The van der Waals surface area contributed by atoms with E-state index in [1.165, 1.54) is 37.9 Å². The van der Waals surface area contributed by atoms with E-state index in [0.717, 1.165) is 10.9 Å². The first-order chi connectivity index (χ1) is 15.8. The van der Waals surface area contributed by atoms with Crippen LogP contribution < -0.4 is 15.4 Å². The highest BCUT2D eigenvalue weighted by molar-refractivity contribution is 7.74. The van der Waals surface area contributed by atoms with Crippen LogP contribution in [0.4, 0.5) is 21.6 Å². The quantitative estimate of drug-likeness (QED) is 0.321. The minimum atomic E-state index is -1.69. The third-order valence-corrected chi connectivity index (χ3v) is 5.16. The molecular formula is C22H26FN5O4S. The normalized spacial score (nSPS) is 13.0. The van der Waals surface area contributed by atoms with Gasteiger partial charge in [-0.05, 0) is 43.7 Å². The van der Waals surface area contributed by atoms with Gasteiger partial charge >= 0.3 is 0 Å². The molecule has 1 heterocycles. The van der Waals surface area contributed by atoms with Crippen LogP contribution in [0.1, 0.15) is 12.5 Å². The minimum absolute atomic E-state index is 0.156. The Hall–Kier alpha value is -3.31. The molecule has 2 atom stereocenters. The molecular weight excluding hydrogens is 449 g/mol. The minimum Gasteiger partial charge on any atom is -0.479 e. The molecule has 33 heavy (non-hydrogen) atoms. The summed E-state index contributed by atoms with van der Waals surface area (Å²) in [5.74, 6) is -0.232. The second-order valence-electron chi connectivity index (χ2n) is 7.25. The highest BCUT2D eigenvalue weighted by Crippen LogP contribution is 2.34. The molecule has 0 saturated carbocycles. The van der Waals surface area contributed by atoms with Crippen molar-refractivity contribution < 1.29 is 22.9 Å². The molecule has 3 aromatic rings. The van der Waals surface area contributed by atoms with Gasteiger partial charge in [0.05, 0.1) is 23.5 Å². The third-order valence-electron chi connectivity index (χ3n) is 4.65. The van der Waals surface area contributed by atoms with Crippen LogP contribution in [0.2, 0.25) is 0 Å². The molecule has 1 aromatic heterocycles. The Kier molecular flexibility index (Phi) is 8.12. The molecule has 1 amide bonds. The fourth-order valence-corrected chi connectivity index (χ4v) is 3.62. The number of benzene rings is 2. The standard InChI is InChI=1S/C22H26FN5O4S/c1-13-9-16(28-33(4)30)11-18-20(13)21(26-12-25-18)27-17-6-5-15(23)10-19(17)32-14(2)22(29)24-7-8-31-3/h5-6,9-12,14,33H,7-8H2,1-4H3,(H,24,29)(H,25,26,27)/t14-/m1/s1. The summed E-state index contributed by atoms with van der Waals surface area (Å²) in [5, 5.41) is 6.57. The van der Waals surface area contributed by atoms with Crippen molar-refractivity contribution >= 4 is 44.6 Å². The van der Waals surface area contributed by atoms with E-state index in [9.17, 15) is 13.4 Å². The number of anilines is 2. The maximum atomic E-state index is 14.0. The van der Waals surface area contributed by atoms with E-state index >= 15 is 0 Å². The monoisotopic (exact) mass is 475 g/mol. The van der Waals surface area contributed by atoms with Gasteiger partial charge in [-0.1, -0.05) is 0 Å². The van der Waals surface area contributed by atoms with Crippen molar-refractivity contribution in [2.75, 3.05) is 31.8 Å². The molecule has 0 saturated heterocycles. The summed E-state index contributed by atoms with van der Waals surface area (Å²) >= 11 is 0. The highest BCUT2D eigenvalue weighted by Gasteiger charge is 2.18. The number of halogens is 1. The number of carbonyl (C=O) groups excluding carboxylic acids is 1. The van der Waals surface area contributed by atoms with Crippen molar-refractivity contribution in [3.8, 4) is 5.75 Å². The van der Waals surface area contributed by atoms with Gasteiger partial charge in [0.2, 0.25) is 0 Å². The Balaban J connectivity index is 1.92. The topological polar surface area (TPSA) is 115 Å². The second kappa shape index (κ2) is 11.0. The largest absolute Gasteiger partial charge is 0.479 e. The number of thiol groups is 1. The smallest absolute Gasteiger partial charge is 0.260 e. The van der Waals surface area contributed by atoms with Gasteiger partial charge in [0.15, 0.2) is 6.10 Å². The summed E-state index contributed by atoms with van der Waals surface area (Å²) < 4.78 is 40.2. The first-order valence-electron chi connectivity index (χ1n) is 10.2. The van der Waals surface area contributed by atoms with Gasteiger partial charge in [0, 0.05) is 42.0 Å². The second-order valence-corrected chi connectivity index (χ2v) is 8.38. The van der Waals surface area contributed by atoms with E-state index in [1.807, 2.05) is 6.92 Å². The zero-order valence-electron chi connectivity index (χ0n) is 18.8. The number of hydrogen-bond donors (Lipinski definition) is 3. The van der Waals surface area contributed by atoms with E-state index in [-0.39, 0.29) is 11.7 Å². The van der Waals surface area contributed by atoms with Gasteiger partial charge in [-0.25, -0.2) is 18.7 Å². The summed E-state index contributed by atoms with van der Waals surface area (Å²) in [6.07, 6.45) is 2.04. The number of fused-ring (bicyclic) bond motifs is 1. The lowest BCUT2D eigenvalue weighted by molar-refractivity contribution is -0.127. The van der Waals surface area contributed by atoms with Gasteiger partial charge in [0.1, 0.15) is 23.7 Å². The van der Waals surface area contributed by atoms with Gasteiger partial charge in [-0.2, -0.15) is 0 Å². The van der Waals surface area contributed by atoms with Crippen LogP contribution in [0.25, 0.3) is 10.9 Å². The lowest BCUT2D eigenvalue weighted by Gasteiger charge is -2.18. The zero-order chi connectivity index (χ0) is 24.0. The van der Waals surface area contributed by atoms with Crippen molar-refractivity contribution in [2.45, 2.75) is 20.0 Å². The Morgan fingerprint density at radius 1 is 1.27 bits per heavy atom. The first-order valence-corrected chi connectivity index (χ1v) is 11.8. The number of nitrogens with one attached hydrogen (secondary N) is 2. The van der Waals surface area contributed by atoms with E-state index < -0.39 is 22.5 Å². The third kappa shape index (κ3) is 6.36. The summed E-state index contributed by atoms with van der Waals surface area (Å²) in [6.45, 7) is 4.15. The van der Waals surface area contributed by atoms with Crippen LogP contribution in [0.5, 0.6) is 5.75 Å². The lowest BCUT2D eigenvalue weighted by atomic mass is 10.1. The van der Waals surface area contributed by atoms with Gasteiger partial charge in [0.25, 0.3) is 5.91 Å². The summed E-state index contributed by atoms with van der Waals surface area (Å²) in [7, 11) is -0.157. The maximum Gasteiger partial charge on any atom is 0.260 e. The average Bonchev–Trinajstić information content (AvgIpc) is 2.75. The number of hydrogen-bond acceptors (Lipinski definition) is 8. The van der Waals surface area contributed by atoms with Crippen molar-refractivity contribution in [2.24, 2.45) is 4.36 Å². The Morgan fingerprint density at radius 2 is 2.06 bits per heavy atom. The molecule has 1 unspecified atom stereocenters. The number of amides is 1. The van der Waals surface area contributed by atoms with Crippen LogP contribution in [0.15, 0.2) is 41.0 Å². The van der Waals surface area contributed by atoms with Crippen LogP contribution in [0, 0.1) is 12.7 Å². The number of aromatic nitrogens is 2. The maximum absolute atomic E-state index is 14.0. The molecule has 0 fully saturated rings. The Bertz CT molecular complexity index is 1250. The summed E-state index contributed by atoms with van der Waals surface area (Å²) in [4.78, 5) is 20.9. The Labute approximate surface area is 192 Å². The zero-order valence-corrected chi connectivity index (χ0v) is 19.6. The molecule has 176 valence electrons. The van der Waals surface area contributed by atoms with E-state index in [4.69, 9.17) is 9.47 Å². The number of aryl methyl sites for hydroxylation is 1. The summed E-state index contributed by atoms with van der Waals surface area (Å²) in [5.41, 5.74) is 2.42. The van der Waals surface area contributed by atoms with Crippen molar-refractivity contribution in [1.82, 2.24) is 15.3 Å². The van der Waals surface area contributed by atoms with Crippen LogP contribution in [0.3, 0.4) is 0 Å². The van der Waals surface area contributed by atoms with Crippen LogP contribution in [-0.4, -0.2) is 52.7 Å². The molecule has 11 heteroatoms. The average molecular weight is 476 g/mol. The van der Waals surface area contributed by atoms with Crippen molar-refractivity contribution in [1.29, 1.82) is 0 Å². The summed E-state index contributed by atoms with van der Waals surface area (Å²) in [6, 6.07) is 7.51. The molecule has 0 aliphatic carbocycles.